The SMILES string of the molecule is c1ccc([C@@H]2[C@H]3c4ccccc4Oc4ccccc4N23)cc1.c1ccc([C@H]2[C@@H]3c4ccccc4Oc4ccccc4N23)cc1. The van der Waals surface area contributed by atoms with E-state index in [9.17, 15) is 0 Å². The molecule has 212 valence electrons. The molecule has 0 bridgehead atoms. The zero-order chi connectivity index (χ0) is 29.0. The van der Waals surface area contributed by atoms with E-state index in [2.05, 4.69) is 143 Å². The van der Waals surface area contributed by atoms with Crippen LogP contribution < -0.4 is 19.3 Å². The van der Waals surface area contributed by atoms with E-state index in [0.29, 0.717) is 24.2 Å². The van der Waals surface area contributed by atoms with Crippen molar-refractivity contribution in [1.29, 1.82) is 0 Å². The van der Waals surface area contributed by atoms with Crippen LogP contribution in [0.5, 0.6) is 23.0 Å². The van der Waals surface area contributed by atoms with Crippen LogP contribution in [0.1, 0.15) is 46.4 Å². The second-order valence-corrected chi connectivity index (χ2v) is 11.6. The highest BCUT2D eigenvalue weighted by Gasteiger charge is 2.54. The molecule has 0 amide bonds. The summed E-state index contributed by atoms with van der Waals surface area (Å²) >= 11 is 0. The minimum absolute atomic E-state index is 0.363. The van der Waals surface area contributed by atoms with Crippen molar-refractivity contribution >= 4 is 11.4 Å². The third-order valence-corrected chi connectivity index (χ3v) is 9.10. The summed E-state index contributed by atoms with van der Waals surface area (Å²) in [5.74, 6) is 3.83. The van der Waals surface area contributed by atoms with Crippen LogP contribution in [-0.2, 0) is 0 Å². The monoisotopic (exact) mass is 570 g/mol. The molecule has 2 fully saturated rings. The lowest BCUT2D eigenvalue weighted by molar-refractivity contribution is 0.480. The van der Waals surface area contributed by atoms with Gasteiger partial charge in [-0.2, -0.15) is 0 Å². The van der Waals surface area contributed by atoms with Gasteiger partial charge >= 0.3 is 0 Å². The number of ether oxygens (including phenoxy) is 2. The van der Waals surface area contributed by atoms with Crippen molar-refractivity contribution < 1.29 is 9.47 Å². The molecule has 6 aromatic rings. The number of benzene rings is 6. The quantitative estimate of drug-likeness (QED) is 0.193. The fourth-order valence-electron chi connectivity index (χ4n) is 7.07. The summed E-state index contributed by atoms with van der Waals surface area (Å²) in [7, 11) is 0. The van der Waals surface area contributed by atoms with Crippen LogP contribution in [0.3, 0.4) is 0 Å². The van der Waals surface area contributed by atoms with Crippen molar-refractivity contribution in [2.24, 2.45) is 0 Å². The molecule has 0 N–H and O–H groups in total. The molecular weight excluding hydrogens is 540 g/mol. The molecule has 2 saturated heterocycles. The molecule has 0 radical (unpaired) electrons. The predicted molar refractivity (Wildman–Crippen MR) is 175 cm³/mol. The lowest BCUT2D eigenvalue weighted by Gasteiger charge is -2.12. The molecule has 10 rings (SSSR count). The topological polar surface area (TPSA) is 24.5 Å². The number of hydrogen-bond acceptors (Lipinski definition) is 4. The average molecular weight is 571 g/mol. The minimum atomic E-state index is 0.363. The Morgan fingerprint density at radius 2 is 0.659 bits per heavy atom. The summed E-state index contributed by atoms with van der Waals surface area (Å²) in [6.45, 7) is 0. The number of anilines is 2. The predicted octanol–water partition coefficient (Wildman–Crippen LogP) is 10.2. The molecule has 0 aromatic heterocycles. The number of rotatable bonds is 2. The largest absolute Gasteiger partial charge is 0.455 e. The molecule has 4 heteroatoms. The second kappa shape index (κ2) is 10.1. The van der Waals surface area contributed by atoms with Gasteiger partial charge in [0.05, 0.1) is 35.5 Å². The van der Waals surface area contributed by atoms with Crippen LogP contribution in [-0.4, -0.2) is 0 Å². The van der Waals surface area contributed by atoms with Crippen molar-refractivity contribution in [3.05, 3.63) is 180 Å². The number of fused-ring (bicyclic) bond motifs is 10. The van der Waals surface area contributed by atoms with Gasteiger partial charge in [-0.05, 0) is 47.5 Å². The van der Waals surface area contributed by atoms with Crippen LogP contribution in [0.15, 0.2) is 158 Å². The first-order valence-corrected chi connectivity index (χ1v) is 15.2. The zero-order valence-electron chi connectivity index (χ0n) is 24.0. The first-order chi connectivity index (χ1) is 21.9. The Balaban J connectivity index is 0.000000123. The molecule has 4 atom stereocenters. The lowest BCUT2D eigenvalue weighted by atomic mass is 10.0. The van der Waals surface area contributed by atoms with E-state index in [4.69, 9.17) is 9.47 Å². The van der Waals surface area contributed by atoms with Gasteiger partial charge in [0, 0.05) is 11.1 Å². The molecule has 4 aliphatic heterocycles. The minimum Gasteiger partial charge on any atom is -0.455 e. The maximum absolute atomic E-state index is 6.15. The lowest BCUT2D eigenvalue weighted by Crippen LogP contribution is -1.96. The van der Waals surface area contributed by atoms with Crippen molar-refractivity contribution in [1.82, 2.24) is 0 Å². The molecule has 0 saturated carbocycles. The second-order valence-electron chi connectivity index (χ2n) is 11.6. The fourth-order valence-corrected chi connectivity index (χ4v) is 7.07. The maximum Gasteiger partial charge on any atom is 0.150 e. The number of hydrogen-bond donors (Lipinski definition) is 0. The summed E-state index contributed by atoms with van der Waals surface area (Å²) in [6.07, 6.45) is 0. The van der Waals surface area contributed by atoms with Crippen molar-refractivity contribution in [2.75, 3.05) is 9.80 Å². The van der Waals surface area contributed by atoms with Crippen molar-refractivity contribution in [2.45, 2.75) is 24.2 Å². The van der Waals surface area contributed by atoms with Crippen LogP contribution in [0.25, 0.3) is 0 Å². The molecular formula is C40H30N2O2. The third kappa shape index (κ3) is 4.06. The highest BCUT2D eigenvalue weighted by molar-refractivity contribution is 5.73. The summed E-state index contributed by atoms with van der Waals surface area (Å²) in [4.78, 5) is 4.91. The van der Waals surface area contributed by atoms with E-state index in [1.807, 2.05) is 24.3 Å². The van der Waals surface area contributed by atoms with E-state index in [1.54, 1.807) is 0 Å². The summed E-state index contributed by atoms with van der Waals surface area (Å²) in [5, 5.41) is 0. The van der Waals surface area contributed by atoms with Crippen LogP contribution in [0.4, 0.5) is 11.4 Å². The average Bonchev–Trinajstić information content (AvgIpc) is 4.00. The summed E-state index contributed by atoms with van der Waals surface area (Å²) in [6, 6.07) is 56.4. The van der Waals surface area contributed by atoms with Crippen LogP contribution in [0, 0.1) is 0 Å². The normalized spacial score (nSPS) is 21.0. The van der Waals surface area contributed by atoms with E-state index >= 15 is 0 Å². The highest BCUT2D eigenvalue weighted by Crippen LogP contribution is 2.64. The van der Waals surface area contributed by atoms with Crippen LogP contribution in [0.2, 0.25) is 0 Å². The molecule has 0 unspecified atom stereocenters. The van der Waals surface area contributed by atoms with Gasteiger partial charge in [0.15, 0.2) is 11.5 Å². The standard InChI is InChI=1S/2C20H15NO/c2*1-2-8-14(9-3-1)19-20-15-10-4-6-12-17(15)22-18-13-7-5-11-16(18)21(19)20/h2*1-13,19-20H/t2*19-,20-,21?/m10/s1. The molecule has 6 aromatic carbocycles. The first kappa shape index (κ1) is 25.1. The van der Waals surface area contributed by atoms with Gasteiger partial charge in [-0.1, -0.05) is 121 Å². The fraction of sp³-hybridized carbons (Fsp3) is 0.100. The van der Waals surface area contributed by atoms with E-state index in [1.165, 1.54) is 33.6 Å². The molecule has 4 nitrogen and oxygen atoms in total. The van der Waals surface area contributed by atoms with E-state index < -0.39 is 0 Å². The summed E-state index contributed by atoms with van der Waals surface area (Å²) < 4.78 is 12.3. The van der Waals surface area contributed by atoms with Gasteiger partial charge in [0.2, 0.25) is 0 Å². The number of para-hydroxylation sites is 6. The first-order valence-electron chi connectivity index (χ1n) is 15.2. The molecule has 4 heterocycles. The van der Waals surface area contributed by atoms with Crippen molar-refractivity contribution in [3.8, 4) is 23.0 Å². The summed E-state index contributed by atoms with van der Waals surface area (Å²) in [5.41, 5.74) is 7.62. The van der Waals surface area contributed by atoms with Crippen LogP contribution >= 0.6 is 0 Å². The van der Waals surface area contributed by atoms with Gasteiger partial charge in [-0.25, -0.2) is 0 Å². The number of nitrogens with zero attached hydrogens (tertiary/aromatic N) is 2. The Morgan fingerprint density at radius 3 is 1.09 bits per heavy atom. The molecule has 0 aliphatic carbocycles. The third-order valence-electron chi connectivity index (χ3n) is 9.10. The Morgan fingerprint density at radius 1 is 0.318 bits per heavy atom. The Kier molecular flexibility index (Phi) is 5.73. The van der Waals surface area contributed by atoms with Gasteiger partial charge < -0.3 is 19.3 Å². The van der Waals surface area contributed by atoms with Gasteiger partial charge in [-0.3, -0.25) is 0 Å². The highest BCUT2D eigenvalue weighted by atomic mass is 16.5. The molecule has 0 spiro atoms. The Labute approximate surface area is 257 Å². The zero-order valence-corrected chi connectivity index (χ0v) is 24.0. The Hall–Kier alpha value is -5.48. The van der Waals surface area contributed by atoms with E-state index in [0.717, 1.165) is 23.0 Å². The van der Waals surface area contributed by atoms with Gasteiger partial charge in [0.25, 0.3) is 0 Å². The van der Waals surface area contributed by atoms with Crippen molar-refractivity contribution in [3.63, 3.8) is 0 Å². The Bertz CT molecular complexity index is 1730. The molecule has 4 aliphatic rings. The smallest absolute Gasteiger partial charge is 0.150 e. The maximum atomic E-state index is 6.15. The van der Waals surface area contributed by atoms with E-state index in [-0.39, 0.29) is 0 Å². The molecule has 44 heavy (non-hydrogen) atoms. The van der Waals surface area contributed by atoms with Gasteiger partial charge in [0.1, 0.15) is 11.5 Å². The van der Waals surface area contributed by atoms with Gasteiger partial charge in [-0.15, -0.1) is 0 Å².